The molecule has 0 spiro atoms. The third-order valence-corrected chi connectivity index (χ3v) is 4.48. The second-order valence-corrected chi connectivity index (χ2v) is 6.58. The van der Waals surface area contributed by atoms with Gasteiger partial charge in [-0.2, -0.15) is 0 Å². The van der Waals surface area contributed by atoms with E-state index in [0.29, 0.717) is 31.0 Å². The summed E-state index contributed by atoms with van der Waals surface area (Å²) in [7, 11) is 0. The first-order valence-electron chi connectivity index (χ1n) is 9.07. The highest BCUT2D eigenvalue weighted by atomic mass is 16.5. The first-order chi connectivity index (χ1) is 13.0. The zero-order valence-electron chi connectivity index (χ0n) is 15.7. The predicted octanol–water partition coefficient (Wildman–Crippen LogP) is 2.35. The number of nitrogens with one attached hydrogen (secondary N) is 2. The van der Waals surface area contributed by atoms with Gasteiger partial charge in [0.25, 0.3) is 5.91 Å². The average Bonchev–Trinajstić information content (AvgIpc) is 3.08. The summed E-state index contributed by atoms with van der Waals surface area (Å²) in [6.07, 6.45) is 0. The molecule has 1 saturated heterocycles. The second-order valence-electron chi connectivity index (χ2n) is 6.58. The SMILES string of the molecule is CC(=O)Nc1cccc(C(=O)NCC(c2ccc(C)o2)N2CCOCC2)c1. The van der Waals surface area contributed by atoms with Crippen LogP contribution in [0, 0.1) is 6.92 Å². The zero-order valence-corrected chi connectivity index (χ0v) is 15.7. The second kappa shape index (κ2) is 8.83. The molecule has 0 saturated carbocycles. The van der Waals surface area contributed by atoms with Crippen LogP contribution in [0.5, 0.6) is 0 Å². The molecule has 2 amide bonds. The van der Waals surface area contributed by atoms with Gasteiger partial charge in [0, 0.05) is 37.8 Å². The third kappa shape index (κ3) is 5.18. The number of furan rings is 1. The van der Waals surface area contributed by atoms with E-state index in [1.165, 1.54) is 6.92 Å². The number of rotatable bonds is 6. The summed E-state index contributed by atoms with van der Waals surface area (Å²) in [4.78, 5) is 26.1. The summed E-state index contributed by atoms with van der Waals surface area (Å²) >= 11 is 0. The first kappa shape index (κ1) is 19.1. The molecule has 7 heteroatoms. The number of carbonyl (C=O) groups is 2. The number of ether oxygens (including phenoxy) is 1. The van der Waals surface area contributed by atoms with Crippen molar-refractivity contribution in [1.29, 1.82) is 0 Å². The van der Waals surface area contributed by atoms with Gasteiger partial charge in [-0.05, 0) is 37.3 Å². The van der Waals surface area contributed by atoms with E-state index < -0.39 is 0 Å². The van der Waals surface area contributed by atoms with Crippen LogP contribution in [-0.4, -0.2) is 49.6 Å². The molecule has 1 unspecified atom stereocenters. The number of aryl methyl sites for hydroxylation is 1. The van der Waals surface area contributed by atoms with Gasteiger partial charge in [0.2, 0.25) is 5.91 Å². The first-order valence-corrected chi connectivity index (χ1v) is 9.07. The van der Waals surface area contributed by atoms with Gasteiger partial charge in [-0.1, -0.05) is 6.07 Å². The van der Waals surface area contributed by atoms with Crippen LogP contribution >= 0.6 is 0 Å². The molecule has 0 bridgehead atoms. The molecule has 2 aromatic rings. The number of morpholine rings is 1. The molecular formula is C20H25N3O4. The number of hydrogen-bond acceptors (Lipinski definition) is 5. The van der Waals surface area contributed by atoms with Crippen molar-refractivity contribution in [3.8, 4) is 0 Å². The van der Waals surface area contributed by atoms with Gasteiger partial charge in [-0.25, -0.2) is 0 Å². The Kier molecular flexibility index (Phi) is 6.26. The molecule has 1 atom stereocenters. The number of carbonyl (C=O) groups excluding carboxylic acids is 2. The molecule has 2 N–H and O–H groups in total. The maximum absolute atomic E-state index is 12.6. The van der Waals surface area contributed by atoms with E-state index in [0.717, 1.165) is 24.6 Å². The molecule has 1 aromatic carbocycles. The van der Waals surface area contributed by atoms with Crippen LogP contribution < -0.4 is 10.6 Å². The number of hydrogen-bond donors (Lipinski definition) is 2. The maximum Gasteiger partial charge on any atom is 0.251 e. The van der Waals surface area contributed by atoms with Gasteiger partial charge in [0.1, 0.15) is 11.5 Å². The predicted molar refractivity (Wildman–Crippen MR) is 102 cm³/mol. The van der Waals surface area contributed by atoms with E-state index in [4.69, 9.17) is 9.15 Å². The third-order valence-electron chi connectivity index (χ3n) is 4.48. The molecule has 1 fully saturated rings. The van der Waals surface area contributed by atoms with Gasteiger partial charge >= 0.3 is 0 Å². The van der Waals surface area contributed by atoms with Gasteiger partial charge < -0.3 is 19.8 Å². The van der Waals surface area contributed by atoms with Crippen molar-refractivity contribution >= 4 is 17.5 Å². The Morgan fingerprint density at radius 2 is 1.96 bits per heavy atom. The van der Waals surface area contributed by atoms with Crippen LogP contribution in [0.3, 0.4) is 0 Å². The highest BCUT2D eigenvalue weighted by Gasteiger charge is 2.25. The lowest BCUT2D eigenvalue weighted by Gasteiger charge is -2.33. The Bertz CT molecular complexity index is 796. The topological polar surface area (TPSA) is 83.8 Å². The summed E-state index contributed by atoms with van der Waals surface area (Å²) in [6, 6.07) is 10.7. The van der Waals surface area contributed by atoms with E-state index in [-0.39, 0.29) is 17.9 Å². The van der Waals surface area contributed by atoms with Crippen LogP contribution in [0.15, 0.2) is 40.8 Å². The average molecular weight is 371 g/mol. The monoisotopic (exact) mass is 371 g/mol. The van der Waals surface area contributed by atoms with Crippen LogP contribution in [0.25, 0.3) is 0 Å². The van der Waals surface area contributed by atoms with E-state index in [9.17, 15) is 9.59 Å². The summed E-state index contributed by atoms with van der Waals surface area (Å²) in [5.41, 5.74) is 1.10. The summed E-state index contributed by atoms with van der Waals surface area (Å²) < 4.78 is 11.3. The summed E-state index contributed by atoms with van der Waals surface area (Å²) in [6.45, 7) is 6.69. The fraction of sp³-hybridized carbons (Fsp3) is 0.400. The minimum absolute atomic E-state index is 0.0509. The molecule has 27 heavy (non-hydrogen) atoms. The maximum atomic E-state index is 12.6. The van der Waals surface area contributed by atoms with Crippen molar-refractivity contribution in [3.05, 3.63) is 53.5 Å². The molecule has 1 aliphatic heterocycles. The lowest BCUT2D eigenvalue weighted by Crippen LogP contribution is -2.43. The fourth-order valence-electron chi connectivity index (χ4n) is 3.16. The quantitative estimate of drug-likeness (QED) is 0.814. The van der Waals surface area contributed by atoms with Crippen LogP contribution in [0.4, 0.5) is 5.69 Å². The Morgan fingerprint density at radius 3 is 2.63 bits per heavy atom. The fourth-order valence-corrected chi connectivity index (χ4v) is 3.16. The van der Waals surface area contributed by atoms with Gasteiger partial charge in [-0.15, -0.1) is 0 Å². The molecule has 0 radical (unpaired) electrons. The van der Waals surface area contributed by atoms with Crippen molar-refractivity contribution < 1.29 is 18.7 Å². The molecular weight excluding hydrogens is 346 g/mol. The number of benzene rings is 1. The van der Waals surface area contributed by atoms with Crippen LogP contribution in [0.1, 0.15) is 34.8 Å². The highest BCUT2D eigenvalue weighted by Crippen LogP contribution is 2.23. The molecule has 1 aliphatic rings. The standard InChI is InChI=1S/C20H25N3O4/c1-14-6-7-19(27-14)18(23-8-10-26-11-9-23)13-21-20(25)16-4-3-5-17(12-16)22-15(2)24/h3-7,12,18H,8-11,13H2,1-2H3,(H,21,25)(H,22,24). The normalized spacial score (nSPS) is 15.9. The van der Waals surface area contributed by atoms with Crippen molar-refractivity contribution in [2.45, 2.75) is 19.9 Å². The molecule has 144 valence electrons. The van der Waals surface area contributed by atoms with Crippen molar-refractivity contribution in [3.63, 3.8) is 0 Å². The number of anilines is 1. The van der Waals surface area contributed by atoms with Crippen molar-refractivity contribution in [1.82, 2.24) is 10.2 Å². The van der Waals surface area contributed by atoms with Crippen LogP contribution in [-0.2, 0) is 9.53 Å². The summed E-state index contributed by atoms with van der Waals surface area (Å²) in [5.74, 6) is 1.32. The number of amides is 2. The summed E-state index contributed by atoms with van der Waals surface area (Å²) in [5, 5.41) is 5.68. The molecule has 3 rings (SSSR count). The van der Waals surface area contributed by atoms with Gasteiger partial charge in [0.15, 0.2) is 0 Å². The Labute approximate surface area is 158 Å². The molecule has 0 aliphatic carbocycles. The van der Waals surface area contributed by atoms with Crippen LogP contribution in [0.2, 0.25) is 0 Å². The zero-order chi connectivity index (χ0) is 19.2. The Balaban J connectivity index is 1.69. The molecule has 1 aromatic heterocycles. The number of nitrogens with zero attached hydrogens (tertiary/aromatic N) is 1. The minimum atomic E-state index is -0.191. The molecule has 7 nitrogen and oxygen atoms in total. The van der Waals surface area contributed by atoms with Crippen molar-refractivity contribution in [2.75, 3.05) is 38.2 Å². The van der Waals surface area contributed by atoms with E-state index >= 15 is 0 Å². The minimum Gasteiger partial charge on any atom is -0.465 e. The van der Waals surface area contributed by atoms with Crippen molar-refractivity contribution in [2.24, 2.45) is 0 Å². The smallest absolute Gasteiger partial charge is 0.251 e. The van der Waals surface area contributed by atoms with E-state index in [1.54, 1.807) is 24.3 Å². The highest BCUT2D eigenvalue weighted by molar-refractivity contribution is 5.96. The van der Waals surface area contributed by atoms with Gasteiger partial charge in [0.05, 0.1) is 19.3 Å². The van der Waals surface area contributed by atoms with E-state index in [1.807, 2.05) is 19.1 Å². The lowest BCUT2D eigenvalue weighted by molar-refractivity contribution is -0.114. The Hall–Kier alpha value is -2.64. The Morgan fingerprint density at radius 1 is 1.19 bits per heavy atom. The molecule has 2 heterocycles. The lowest BCUT2D eigenvalue weighted by atomic mass is 10.1. The largest absolute Gasteiger partial charge is 0.465 e. The van der Waals surface area contributed by atoms with Gasteiger partial charge in [-0.3, -0.25) is 14.5 Å². The van der Waals surface area contributed by atoms with E-state index in [2.05, 4.69) is 15.5 Å².